The number of aryl methyl sites for hydroxylation is 1. The first-order valence-corrected chi connectivity index (χ1v) is 13.6. The molecule has 3 aliphatic heterocycles. The number of amides is 3. The fourth-order valence-electron chi connectivity index (χ4n) is 4.44. The highest BCUT2D eigenvalue weighted by atomic mass is 32.2. The van der Waals surface area contributed by atoms with Crippen LogP contribution < -0.4 is 20.1 Å². The standard InChI is InChI=1S/C26H31N3O10S/c1-13(30)36-10-15-11-40-23-18(22(32)29(23)19(15)24(33)34)28-21(31)16(27-25(35)39-26(2,3)4)9-8-14-6-5-7-17-20(14)38-12-37-17/h5-7,16,18,23H,8-12H2,1-4H3,(H,27,35)(H,28,31)(H,33,34)/t16?,18-,23-/m1/s1. The molecular weight excluding hydrogens is 546 g/mol. The van der Waals surface area contributed by atoms with Crippen molar-refractivity contribution in [1.82, 2.24) is 15.5 Å². The Balaban J connectivity index is 1.47. The molecule has 1 unspecified atom stereocenters. The molecule has 1 saturated heterocycles. The fourth-order valence-corrected chi connectivity index (χ4v) is 5.77. The molecule has 13 nitrogen and oxygen atoms in total. The number of hydrogen-bond donors (Lipinski definition) is 3. The van der Waals surface area contributed by atoms with Crippen LogP contribution in [-0.4, -0.2) is 82.1 Å². The topological polar surface area (TPSA) is 170 Å². The maximum atomic E-state index is 13.4. The summed E-state index contributed by atoms with van der Waals surface area (Å²) in [5.41, 5.74) is 0.00426. The number of nitrogens with one attached hydrogen (secondary N) is 2. The number of nitrogens with zero attached hydrogens (tertiary/aromatic N) is 1. The molecule has 1 aromatic rings. The van der Waals surface area contributed by atoms with Crippen LogP contribution in [0.3, 0.4) is 0 Å². The predicted molar refractivity (Wildman–Crippen MR) is 140 cm³/mol. The van der Waals surface area contributed by atoms with Gasteiger partial charge in [-0.25, -0.2) is 9.59 Å². The summed E-state index contributed by atoms with van der Waals surface area (Å²) >= 11 is 1.24. The number of hydrogen-bond acceptors (Lipinski definition) is 10. The first-order chi connectivity index (χ1) is 18.9. The number of ether oxygens (including phenoxy) is 4. The van der Waals surface area contributed by atoms with Crippen molar-refractivity contribution in [2.24, 2.45) is 0 Å². The lowest BCUT2D eigenvalue weighted by Gasteiger charge is -2.49. The third kappa shape index (κ3) is 6.43. The lowest BCUT2D eigenvalue weighted by atomic mass is 10.0. The minimum Gasteiger partial charge on any atom is -0.477 e. The van der Waals surface area contributed by atoms with E-state index in [-0.39, 0.29) is 36.8 Å². The molecule has 3 heterocycles. The van der Waals surface area contributed by atoms with Crippen molar-refractivity contribution in [3.8, 4) is 11.5 Å². The Kier molecular flexibility index (Phi) is 8.47. The zero-order valence-electron chi connectivity index (χ0n) is 22.5. The van der Waals surface area contributed by atoms with E-state index in [1.54, 1.807) is 32.9 Å². The van der Waals surface area contributed by atoms with E-state index < -0.39 is 52.9 Å². The SMILES string of the molecule is CC(=O)OCC1=C(C(=O)O)N2C(=O)[C@@H](NC(=O)C(CCc3cccc4c3OCO4)NC(=O)OC(C)(C)C)[C@H]2SC1. The Morgan fingerprint density at radius 1 is 1.23 bits per heavy atom. The molecule has 3 N–H and O–H groups in total. The molecule has 14 heteroatoms. The summed E-state index contributed by atoms with van der Waals surface area (Å²) in [5, 5.41) is 14.3. The van der Waals surface area contributed by atoms with E-state index in [2.05, 4.69) is 10.6 Å². The van der Waals surface area contributed by atoms with E-state index >= 15 is 0 Å². The van der Waals surface area contributed by atoms with E-state index in [0.29, 0.717) is 17.9 Å². The van der Waals surface area contributed by atoms with E-state index in [1.807, 2.05) is 6.07 Å². The van der Waals surface area contributed by atoms with Crippen LogP contribution in [0.5, 0.6) is 11.5 Å². The van der Waals surface area contributed by atoms with Crippen molar-refractivity contribution in [1.29, 1.82) is 0 Å². The number of alkyl carbamates (subject to hydrolysis) is 1. The molecule has 0 radical (unpaired) electrons. The van der Waals surface area contributed by atoms with Crippen molar-refractivity contribution in [2.75, 3.05) is 19.2 Å². The minimum atomic E-state index is -1.34. The lowest BCUT2D eigenvalue weighted by Crippen LogP contribution is -2.71. The summed E-state index contributed by atoms with van der Waals surface area (Å²) < 4.78 is 21.2. The Labute approximate surface area is 234 Å². The summed E-state index contributed by atoms with van der Waals surface area (Å²) in [6.45, 7) is 6.11. The Hall–Kier alpha value is -3.94. The van der Waals surface area contributed by atoms with Gasteiger partial charge in [0.15, 0.2) is 11.5 Å². The monoisotopic (exact) mass is 577 g/mol. The van der Waals surface area contributed by atoms with Crippen molar-refractivity contribution >= 4 is 41.6 Å². The number of fused-ring (bicyclic) bond motifs is 2. The smallest absolute Gasteiger partial charge is 0.408 e. The van der Waals surface area contributed by atoms with Gasteiger partial charge in [-0.1, -0.05) is 12.1 Å². The van der Waals surface area contributed by atoms with Gasteiger partial charge in [-0.3, -0.25) is 19.3 Å². The Morgan fingerprint density at radius 2 is 1.98 bits per heavy atom. The quantitative estimate of drug-likeness (QED) is 0.287. The van der Waals surface area contributed by atoms with Crippen LogP contribution in [0.2, 0.25) is 0 Å². The lowest BCUT2D eigenvalue weighted by molar-refractivity contribution is -0.151. The molecule has 4 rings (SSSR count). The summed E-state index contributed by atoms with van der Waals surface area (Å²) in [7, 11) is 0. The second kappa shape index (κ2) is 11.7. The number of thioether (sulfide) groups is 1. The number of esters is 1. The first-order valence-electron chi connectivity index (χ1n) is 12.6. The summed E-state index contributed by atoms with van der Waals surface area (Å²) in [5.74, 6) is -1.81. The molecule has 216 valence electrons. The number of β-lactam (4-membered cyclic amide) rings is 1. The van der Waals surface area contributed by atoms with Crippen molar-refractivity contribution in [3.05, 3.63) is 35.0 Å². The highest BCUT2D eigenvalue weighted by Crippen LogP contribution is 2.40. The molecule has 0 aliphatic carbocycles. The summed E-state index contributed by atoms with van der Waals surface area (Å²) in [4.78, 5) is 63.2. The van der Waals surface area contributed by atoms with Crippen LogP contribution in [0, 0.1) is 0 Å². The second-order valence-electron chi connectivity index (χ2n) is 10.3. The van der Waals surface area contributed by atoms with Gasteiger partial charge in [0, 0.05) is 18.2 Å². The summed E-state index contributed by atoms with van der Waals surface area (Å²) in [6.07, 6.45) is -0.306. The molecule has 3 amide bonds. The van der Waals surface area contributed by atoms with Crippen LogP contribution >= 0.6 is 11.8 Å². The number of carboxylic acids is 1. The van der Waals surface area contributed by atoms with Gasteiger partial charge in [-0.2, -0.15) is 0 Å². The van der Waals surface area contributed by atoms with Crippen molar-refractivity contribution in [3.63, 3.8) is 0 Å². The number of carboxylic acid groups (broad SMARTS) is 1. The van der Waals surface area contributed by atoms with Gasteiger partial charge in [-0.05, 0) is 45.2 Å². The van der Waals surface area contributed by atoms with Gasteiger partial charge in [0.25, 0.3) is 5.91 Å². The minimum absolute atomic E-state index is 0.0845. The number of carbonyl (C=O) groups excluding carboxylic acids is 4. The second-order valence-corrected chi connectivity index (χ2v) is 11.4. The van der Waals surface area contributed by atoms with Crippen molar-refractivity contribution in [2.45, 2.75) is 63.6 Å². The van der Waals surface area contributed by atoms with Crippen LogP contribution in [0.1, 0.15) is 39.7 Å². The van der Waals surface area contributed by atoms with Gasteiger partial charge in [0.1, 0.15) is 35.4 Å². The normalized spacial score (nSPS) is 20.2. The van der Waals surface area contributed by atoms with Gasteiger partial charge >= 0.3 is 18.0 Å². The molecule has 1 aromatic carbocycles. The van der Waals surface area contributed by atoms with E-state index in [1.165, 1.54) is 18.7 Å². The van der Waals surface area contributed by atoms with Crippen LogP contribution in [0.25, 0.3) is 0 Å². The van der Waals surface area contributed by atoms with Crippen LogP contribution in [-0.2, 0) is 35.1 Å². The third-order valence-corrected chi connectivity index (χ3v) is 7.52. The highest BCUT2D eigenvalue weighted by Gasteiger charge is 2.54. The average molecular weight is 578 g/mol. The Morgan fingerprint density at radius 3 is 2.65 bits per heavy atom. The van der Waals surface area contributed by atoms with E-state index in [0.717, 1.165) is 10.5 Å². The third-order valence-electron chi connectivity index (χ3n) is 6.19. The molecular formula is C26H31N3O10S. The molecule has 0 aromatic heterocycles. The van der Waals surface area contributed by atoms with Crippen molar-refractivity contribution < 1.29 is 48.0 Å². The number of carbonyl (C=O) groups is 5. The first kappa shape index (κ1) is 29.1. The number of rotatable bonds is 9. The Bertz CT molecular complexity index is 1260. The molecule has 0 spiro atoms. The number of para-hydroxylation sites is 1. The van der Waals surface area contributed by atoms with Gasteiger partial charge in [0.05, 0.1) is 0 Å². The summed E-state index contributed by atoms with van der Waals surface area (Å²) in [6, 6.07) is 3.31. The maximum Gasteiger partial charge on any atom is 0.408 e. The van der Waals surface area contributed by atoms with Crippen LogP contribution in [0.15, 0.2) is 29.5 Å². The molecule has 40 heavy (non-hydrogen) atoms. The fraction of sp³-hybridized carbons (Fsp3) is 0.500. The zero-order chi connectivity index (χ0) is 29.2. The van der Waals surface area contributed by atoms with E-state index in [4.69, 9.17) is 18.9 Å². The average Bonchev–Trinajstić information content (AvgIpc) is 3.36. The largest absolute Gasteiger partial charge is 0.477 e. The molecule has 3 aliphatic rings. The number of aliphatic carboxylic acids is 1. The maximum absolute atomic E-state index is 13.4. The number of benzene rings is 1. The molecule has 0 bridgehead atoms. The van der Waals surface area contributed by atoms with Gasteiger partial charge < -0.3 is 34.7 Å². The molecule has 0 saturated carbocycles. The highest BCUT2D eigenvalue weighted by molar-refractivity contribution is 8.00. The predicted octanol–water partition coefficient (Wildman–Crippen LogP) is 1.54. The molecule has 1 fully saturated rings. The van der Waals surface area contributed by atoms with Gasteiger partial charge in [0.2, 0.25) is 12.7 Å². The van der Waals surface area contributed by atoms with Gasteiger partial charge in [-0.15, -0.1) is 11.8 Å². The zero-order valence-corrected chi connectivity index (χ0v) is 23.3. The molecule has 3 atom stereocenters. The van der Waals surface area contributed by atoms with E-state index in [9.17, 15) is 29.1 Å². The van der Waals surface area contributed by atoms with Crippen LogP contribution in [0.4, 0.5) is 4.79 Å².